The van der Waals surface area contributed by atoms with Gasteiger partial charge in [-0.2, -0.15) is 5.26 Å². The molecule has 0 aliphatic heterocycles. The van der Waals surface area contributed by atoms with Gasteiger partial charge in [-0.1, -0.05) is 19.3 Å². The molecule has 18 heavy (non-hydrogen) atoms. The fourth-order valence-electron chi connectivity index (χ4n) is 2.30. The highest BCUT2D eigenvalue weighted by Crippen LogP contribution is 2.28. The maximum Gasteiger partial charge on any atom is 0.165 e. The molecule has 0 unspecified atom stereocenters. The molecule has 1 aromatic rings. The molecule has 0 aromatic carbocycles. The van der Waals surface area contributed by atoms with E-state index in [1.54, 1.807) is 12.1 Å². The van der Waals surface area contributed by atoms with Crippen molar-refractivity contribution in [3.63, 3.8) is 0 Å². The summed E-state index contributed by atoms with van der Waals surface area (Å²) in [5, 5.41) is 22.3. The molecule has 0 bridgehead atoms. The standard InChI is InChI=1S/C13H18N4O/c14-8-11-10(15)4-5-12(17-11)16-9-13(18)6-2-1-3-7-13/h4-5,18H,1-3,6-7,9,15H2,(H,16,17). The smallest absolute Gasteiger partial charge is 0.165 e. The van der Waals surface area contributed by atoms with Crippen LogP contribution in [0.25, 0.3) is 0 Å². The fraction of sp³-hybridized carbons (Fsp3) is 0.538. The highest BCUT2D eigenvalue weighted by molar-refractivity contribution is 5.54. The van der Waals surface area contributed by atoms with E-state index >= 15 is 0 Å². The first kappa shape index (κ1) is 12.7. The topological polar surface area (TPSA) is 95.0 Å². The van der Waals surface area contributed by atoms with Gasteiger partial charge in [0, 0.05) is 6.54 Å². The Morgan fingerprint density at radius 3 is 2.78 bits per heavy atom. The fourth-order valence-corrected chi connectivity index (χ4v) is 2.30. The summed E-state index contributed by atoms with van der Waals surface area (Å²) in [4.78, 5) is 4.10. The molecule has 1 saturated carbocycles. The largest absolute Gasteiger partial charge is 0.396 e. The Morgan fingerprint density at radius 1 is 1.39 bits per heavy atom. The molecule has 5 nitrogen and oxygen atoms in total. The molecule has 1 aliphatic rings. The van der Waals surface area contributed by atoms with Crippen molar-refractivity contribution in [1.82, 2.24) is 4.98 Å². The van der Waals surface area contributed by atoms with Gasteiger partial charge in [0.25, 0.3) is 0 Å². The minimum atomic E-state index is -0.645. The lowest BCUT2D eigenvalue weighted by Crippen LogP contribution is -2.38. The van der Waals surface area contributed by atoms with Gasteiger partial charge < -0.3 is 16.2 Å². The zero-order valence-corrected chi connectivity index (χ0v) is 10.3. The van der Waals surface area contributed by atoms with Crippen LogP contribution < -0.4 is 11.1 Å². The number of hydrogen-bond acceptors (Lipinski definition) is 5. The van der Waals surface area contributed by atoms with Crippen molar-refractivity contribution >= 4 is 11.5 Å². The van der Waals surface area contributed by atoms with E-state index in [2.05, 4.69) is 10.3 Å². The Morgan fingerprint density at radius 2 is 2.11 bits per heavy atom. The molecule has 1 heterocycles. The summed E-state index contributed by atoms with van der Waals surface area (Å²) in [6.45, 7) is 0.467. The summed E-state index contributed by atoms with van der Waals surface area (Å²) >= 11 is 0. The van der Waals surface area contributed by atoms with Crippen LogP contribution in [-0.4, -0.2) is 22.2 Å². The lowest BCUT2D eigenvalue weighted by molar-refractivity contribution is 0.0166. The van der Waals surface area contributed by atoms with Crippen molar-refractivity contribution in [2.45, 2.75) is 37.7 Å². The van der Waals surface area contributed by atoms with Crippen LogP contribution in [0.15, 0.2) is 12.1 Å². The van der Waals surface area contributed by atoms with Crippen LogP contribution in [-0.2, 0) is 0 Å². The van der Waals surface area contributed by atoms with Crippen LogP contribution in [0.3, 0.4) is 0 Å². The predicted octanol–water partition coefficient (Wildman–Crippen LogP) is 1.64. The summed E-state index contributed by atoms with van der Waals surface area (Å²) in [6, 6.07) is 5.32. The van der Waals surface area contributed by atoms with Gasteiger partial charge in [0.05, 0.1) is 11.3 Å². The summed E-state index contributed by atoms with van der Waals surface area (Å²) in [6.07, 6.45) is 4.97. The number of hydrogen-bond donors (Lipinski definition) is 3. The lowest BCUT2D eigenvalue weighted by Gasteiger charge is -2.32. The van der Waals surface area contributed by atoms with Crippen LogP contribution in [0.4, 0.5) is 11.5 Å². The zero-order chi connectivity index (χ0) is 13.0. The third kappa shape index (κ3) is 2.90. The zero-order valence-electron chi connectivity index (χ0n) is 10.3. The van der Waals surface area contributed by atoms with E-state index in [4.69, 9.17) is 11.0 Å². The van der Waals surface area contributed by atoms with E-state index in [9.17, 15) is 5.11 Å². The maximum absolute atomic E-state index is 10.3. The van der Waals surface area contributed by atoms with Gasteiger partial charge in [0.1, 0.15) is 11.9 Å². The summed E-state index contributed by atoms with van der Waals surface area (Å²) in [7, 11) is 0. The molecular formula is C13H18N4O. The Hall–Kier alpha value is -1.80. The Balaban J connectivity index is 2.00. The number of nitrogens with zero attached hydrogens (tertiary/aromatic N) is 2. The SMILES string of the molecule is N#Cc1nc(NCC2(O)CCCCC2)ccc1N. The average Bonchev–Trinajstić information content (AvgIpc) is 2.39. The second-order valence-corrected chi connectivity index (χ2v) is 4.88. The third-order valence-electron chi connectivity index (χ3n) is 3.42. The van der Waals surface area contributed by atoms with E-state index < -0.39 is 5.60 Å². The Bertz CT molecular complexity index is 461. The van der Waals surface area contributed by atoms with E-state index in [0.29, 0.717) is 18.1 Å². The molecule has 1 aromatic heterocycles. The number of nitriles is 1. The lowest BCUT2D eigenvalue weighted by atomic mass is 9.85. The van der Waals surface area contributed by atoms with Crippen LogP contribution >= 0.6 is 0 Å². The molecule has 96 valence electrons. The van der Waals surface area contributed by atoms with Crippen molar-refractivity contribution in [2.75, 3.05) is 17.6 Å². The highest BCUT2D eigenvalue weighted by Gasteiger charge is 2.28. The quantitative estimate of drug-likeness (QED) is 0.753. The monoisotopic (exact) mass is 246 g/mol. The van der Waals surface area contributed by atoms with Gasteiger partial charge in [-0.15, -0.1) is 0 Å². The van der Waals surface area contributed by atoms with Gasteiger partial charge in [-0.3, -0.25) is 0 Å². The molecule has 0 amide bonds. The van der Waals surface area contributed by atoms with Crippen molar-refractivity contribution in [2.24, 2.45) is 0 Å². The van der Waals surface area contributed by atoms with Gasteiger partial charge in [-0.25, -0.2) is 4.98 Å². The Labute approximate surface area is 107 Å². The van der Waals surface area contributed by atoms with E-state index in [1.807, 2.05) is 6.07 Å². The molecule has 0 spiro atoms. The molecule has 4 N–H and O–H groups in total. The van der Waals surface area contributed by atoms with Crippen molar-refractivity contribution in [3.8, 4) is 6.07 Å². The number of aliphatic hydroxyl groups is 1. The minimum Gasteiger partial charge on any atom is -0.396 e. The molecular weight excluding hydrogens is 228 g/mol. The molecule has 0 radical (unpaired) electrons. The Kier molecular flexibility index (Phi) is 3.68. The second-order valence-electron chi connectivity index (χ2n) is 4.88. The van der Waals surface area contributed by atoms with Crippen LogP contribution in [0.5, 0.6) is 0 Å². The summed E-state index contributed by atoms with van der Waals surface area (Å²) in [5.41, 5.74) is 5.55. The van der Waals surface area contributed by atoms with Gasteiger partial charge >= 0.3 is 0 Å². The molecule has 5 heteroatoms. The average molecular weight is 246 g/mol. The first-order chi connectivity index (χ1) is 8.63. The minimum absolute atomic E-state index is 0.218. The van der Waals surface area contributed by atoms with E-state index in [1.165, 1.54) is 6.42 Å². The first-order valence-electron chi connectivity index (χ1n) is 6.26. The van der Waals surface area contributed by atoms with Gasteiger partial charge in [0.2, 0.25) is 0 Å². The van der Waals surface area contributed by atoms with Gasteiger partial charge in [-0.05, 0) is 25.0 Å². The molecule has 2 rings (SSSR count). The molecule has 1 aliphatic carbocycles. The number of pyridine rings is 1. The number of rotatable bonds is 3. The van der Waals surface area contributed by atoms with Crippen LogP contribution in [0, 0.1) is 11.3 Å². The summed E-state index contributed by atoms with van der Waals surface area (Å²) < 4.78 is 0. The first-order valence-corrected chi connectivity index (χ1v) is 6.26. The number of nitrogens with one attached hydrogen (secondary N) is 1. The van der Waals surface area contributed by atoms with Crippen LogP contribution in [0.2, 0.25) is 0 Å². The molecule has 1 fully saturated rings. The molecule has 0 atom stereocenters. The van der Waals surface area contributed by atoms with Crippen LogP contribution in [0.1, 0.15) is 37.8 Å². The van der Waals surface area contributed by atoms with E-state index in [0.717, 1.165) is 25.7 Å². The third-order valence-corrected chi connectivity index (χ3v) is 3.42. The highest BCUT2D eigenvalue weighted by atomic mass is 16.3. The number of nitrogen functional groups attached to an aromatic ring is 1. The summed E-state index contributed by atoms with van der Waals surface area (Å²) in [5.74, 6) is 0.583. The van der Waals surface area contributed by atoms with E-state index in [-0.39, 0.29) is 5.69 Å². The number of aromatic nitrogens is 1. The second kappa shape index (κ2) is 5.23. The van der Waals surface area contributed by atoms with Crippen molar-refractivity contribution in [1.29, 1.82) is 5.26 Å². The molecule has 0 saturated heterocycles. The number of anilines is 2. The van der Waals surface area contributed by atoms with Crippen molar-refractivity contribution in [3.05, 3.63) is 17.8 Å². The number of nitrogens with two attached hydrogens (primary N) is 1. The normalized spacial score (nSPS) is 18.0. The predicted molar refractivity (Wildman–Crippen MR) is 69.9 cm³/mol. The maximum atomic E-state index is 10.3. The van der Waals surface area contributed by atoms with Crippen molar-refractivity contribution < 1.29 is 5.11 Å². The van der Waals surface area contributed by atoms with Gasteiger partial charge in [0.15, 0.2) is 5.69 Å².